The van der Waals surface area contributed by atoms with Crippen molar-refractivity contribution in [2.75, 3.05) is 6.61 Å². The van der Waals surface area contributed by atoms with Gasteiger partial charge in [0.15, 0.2) is 5.69 Å². The van der Waals surface area contributed by atoms with E-state index in [1.54, 1.807) is 6.92 Å². The van der Waals surface area contributed by atoms with Gasteiger partial charge >= 0.3 is 5.82 Å². The Morgan fingerprint density at radius 2 is 2.29 bits per heavy atom. The molecule has 0 aliphatic rings. The first kappa shape index (κ1) is 13.2. The lowest BCUT2D eigenvalue weighted by Gasteiger charge is -2.26. The molecule has 0 fully saturated rings. The van der Waals surface area contributed by atoms with Crippen LogP contribution in [0, 0.1) is 10.1 Å². The molecule has 17 heavy (non-hydrogen) atoms. The van der Waals surface area contributed by atoms with E-state index in [2.05, 4.69) is 10.3 Å². The average molecular weight is 241 g/mol. The van der Waals surface area contributed by atoms with Crippen LogP contribution in [0.4, 0.5) is 5.82 Å². The van der Waals surface area contributed by atoms with Crippen LogP contribution in [0.1, 0.15) is 30.8 Å². The van der Waals surface area contributed by atoms with Crippen molar-refractivity contribution in [2.24, 2.45) is 0 Å². The molecule has 0 spiro atoms. The number of hydrogen-bond donors (Lipinski definition) is 3. The normalized spacial score (nSPS) is 14.1. The Bertz CT molecular complexity index is 423. The van der Waals surface area contributed by atoms with Gasteiger partial charge in [0.05, 0.1) is 12.1 Å². The zero-order valence-corrected chi connectivity index (χ0v) is 9.69. The lowest BCUT2D eigenvalue weighted by atomic mass is 10.0. The fraction of sp³-hybridized carbons (Fsp3) is 0.500. The summed E-state index contributed by atoms with van der Waals surface area (Å²) in [4.78, 5) is 24.0. The Morgan fingerprint density at radius 3 is 2.71 bits per heavy atom. The molecule has 1 atom stereocenters. The van der Waals surface area contributed by atoms with Gasteiger partial charge in [0.1, 0.15) is 0 Å². The molecule has 1 aromatic rings. The summed E-state index contributed by atoms with van der Waals surface area (Å²) in [7, 11) is 0. The van der Waals surface area contributed by atoms with Gasteiger partial charge in [-0.3, -0.25) is 4.79 Å². The standard InChI is InChI=1S/C10H15N3O4/c1-3-10(2,6-14)12-9(15)7-4-5-8(11-7)13(16)17/h4-5,11,14H,3,6H2,1-2H3,(H,12,15). The molecule has 1 amide bonds. The van der Waals surface area contributed by atoms with E-state index in [0.717, 1.165) is 0 Å². The summed E-state index contributed by atoms with van der Waals surface area (Å²) < 4.78 is 0. The predicted octanol–water partition coefficient (Wildman–Crippen LogP) is 0.814. The van der Waals surface area contributed by atoms with Crippen molar-refractivity contribution in [3.63, 3.8) is 0 Å². The Morgan fingerprint density at radius 1 is 1.65 bits per heavy atom. The maximum atomic E-state index is 11.7. The predicted molar refractivity (Wildman–Crippen MR) is 60.7 cm³/mol. The lowest BCUT2D eigenvalue weighted by Crippen LogP contribution is -2.48. The number of carbonyl (C=O) groups is 1. The van der Waals surface area contributed by atoms with E-state index < -0.39 is 16.4 Å². The second kappa shape index (κ2) is 4.96. The summed E-state index contributed by atoms with van der Waals surface area (Å²) >= 11 is 0. The van der Waals surface area contributed by atoms with Crippen LogP contribution >= 0.6 is 0 Å². The van der Waals surface area contributed by atoms with Crippen molar-refractivity contribution in [3.05, 3.63) is 27.9 Å². The zero-order valence-electron chi connectivity index (χ0n) is 9.69. The first-order valence-corrected chi connectivity index (χ1v) is 5.18. The number of hydrogen-bond acceptors (Lipinski definition) is 4. The first-order chi connectivity index (χ1) is 7.91. The molecule has 3 N–H and O–H groups in total. The first-order valence-electron chi connectivity index (χ1n) is 5.18. The van der Waals surface area contributed by atoms with Crippen LogP contribution in [0.5, 0.6) is 0 Å². The third kappa shape index (κ3) is 3.04. The Labute approximate surface area is 98.0 Å². The van der Waals surface area contributed by atoms with E-state index in [-0.39, 0.29) is 18.1 Å². The summed E-state index contributed by atoms with van der Waals surface area (Å²) in [5, 5.41) is 22.2. The van der Waals surface area contributed by atoms with Gasteiger partial charge in [-0.25, -0.2) is 4.98 Å². The fourth-order valence-electron chi connectivity index (χ4n) is 1.20. The number of carbonyl (C=O) groups excluding carboxylic acids is 1. The van der Waals surface area contributed by atoms with E-state index in [1.807, 2.05) is 6.92 Å². The van der Waals surface area contributed by atoms with Crippen molar-refractivity contribution in [1.29, 1.82) is 0 Å². The second-order valence-corrected chi connectivity index (χ2v) is 4.04. The van der Waals surface area contributed by atoms with Gasteiger partial charge in [0, 0.05) is 6.07 Å². The number of nitrogens with one attached hydrogen (secondary N) is 2. The molecule has 0 bridgehead atoms. The zero-order chi connectivity index (χ0) is 13.1. The van der Waals surface area contributed by atoms with Crippen LogP contribution < -0.4 is 5.32 Å². The molecule has 1 unspecified atom stereocenters. The van der Waals surface area contributed by atoms with Crippen LogP contribution in [0.3, 0.4) is 0 Å². The molecule has 0 aromatic carbocycles. The Hall–Kier alpha value is -1.89. The molecule has 1 rings (SSSR count). The number of aromatic nitrogens is 1. The molecule has 0 aliphatic carbocycles. The smallest absolute Gasteiger partial charge is 0.321 e. The summed E-state index contributed by atoms with van der Waals surface area (Å²) in [5.41, 5.74) is -0.624. The summed E-state index contributed by atoms with van der Waals surface area (Å²) in [6, 6.07) is 2.55. The fourth-order valence-corrected chi connectivity index (χ4v) is 1.20. The molecule has 1 aromatic heterocycles. The van der Waals surface area contributed by atoms with E-state index in [0.29, 0.717) is 6.42 Å². The number of rotatable bonds is 5. The van der Waals surface area contributed by atoms with Crippen molar-refractivity contribution in [1.82, 2.24) is 10.3 Å². The minimum absolute atomic E-state index is 0.102. The Kier molecular flexibility index (Phi) is 3.84. The number of aromatic amines is 1. The summed E-state index contributed by atoms with van der Waals surface area (Å²) in [6.07, 6.45) is 0.554. The molecule has 0 saturated heterocycles. The summed E-state index contributed by atoms with van der Waals surface area (Å²) in [6.45, 7) is 3.33. The van der Waals surface area contributed by atoms with Crippen LogP contribution in [-0.2, 0) is 0 Å². The van der Waals surface area contributed by atoms with Gasteiger partial charge in [0.25, 0.3) is 5.91 Å². The molecule has 0 aliphatic heterocycles. The van der Waals surface area contributed by atoms with Crippen LogP contribution in [0.2, 0.25) is 0 Å². The molecule has 7 heteroatoms. The van der Waals surface area contributed by atoms with E-state index in [4.69, 9.17) is 5.11 Å². The highest BCUT2D eigenvalue weighted by molar-refractivity contribution is 5.93. The number of amides is 1. The van der Waals surface area contributed by atoms with E-state index in [1.165, 1.54) is 12.1 Å². The number of aliphatic hydroxyl groups is 1. The highest BCUT2D eigenvalue weighted by atomic mass is 16.6. The maximum Gasteiger partial charge on any atom is 0.321 e. The minimum atomic E-state index is -0.725. The van der Waals surface area contributed by atoms with Gasteiger partial charge in [-0.1, -0.05) is 6.92 Å². The average Bonchev–Trinajstić information content (AvgIpc) is 2.78. The number of H-pyrrole nitrogens is 1. The summed E-state index contributed by atoms with van der Waals surface area (Å²) in [5.74, 6) is -0.714. The Balaban J connectivity index is 2.79. The number of nitrogens with zero attached hydrogens (tertiary/aromatic N) is 1. The van der Waals surface area contributed by atoms with Crippen LogP contribution in [0.15, 0.2) is 12.1 Å². The molecule has 94 valence electrons. The SMILES string of the molecule is CCC(C)(CO)NC(=O)c1ccc([N+](=O)[O-])[nH]1. The van der Waals surface area contributed by atoms with Crippen LogP contribution in [-0.4, -0.2) is 33.1 Å². The van der Waals surface area contributed by atoms with Crippen LogP contribution in [0.25, 0.3) is 0 Å². The highest BCUT2D eigenvalue weighted by Gasteiger charge is 2.26. The third-order valence-corrected chi connectivity index (χ3v) is 2.66. The maximum absolute atomic E-state index is 11.7. The monoisotopic (exact) mass is 241 g/mol. The molecular formula is C10H15N3O4. The number of aliphatic hydroxyl groups excluding tert-OH is 1. The van der Waals surface area contributed by atoms with Gasteiger partial charge in [-0.15, -0.1) is 0 Å². The van der Waals surface area contributed by atoms with Crippen molar-refractivity contribution >= 4 is 11.7 Å². The molecule has 0 radical (unpaired) electrons. The van der Waals surface area contributed by atoms with Crippen molar-refractivity contribution in [3.8, 4) is 0 Å². The minimum Gasteiger partial charge on any atom is -0.394 e. The molecule has 1 heterocycles. The second-order valence-electron chi connectivity index (χ2n) is 4.04. The molecular weight excluding hydrogens is 226 g/mol. The van der Waals surface area contributed by atoms with Gasteiger partial charge in [-0.2, -0.15) is 0 Å². The highest BCUT2D eigenvalue weighted by Crippen LogP contribution is 2.13. The van der Waals surface area contributed by atoms with E-state index >= 15 is 0 Å². The molecule has 7 nitrogen and oxygen atoms in total. The molecule has 0 saturated carbocycles. The van der Waals surface area contributed by atoms with Gasteiger partial charge < -0.3 is 20.5 Å². The van der Waals surface area contributed by atoms with Crippen molar-refractivity contribution < 1.29 is 14.8 Å². The topological polar surface area (TPSA) is 108 Å². The largest absolute Gasteiger partial charge is 0.394 e. The quantitative estimate of drug-likeness (QED) is 0.523. The van der Waals surface area contributed by atoms with Gasteiger partial charge in [0.2, 0.25) is 0 Å². The van der Waals surface area contributed by atoms with Gasteiger partial charge in [-0.05, 0) is 24.3 Å². The third-order valence-electron chi connectivity index (χ3n) is 2.66. The van der Waals surface area contributed by atoms with Crippen molar-refractivity contribution in [2.45, 2.75) is 25.8 Å². The van der Waals surface area contributed by atoms with E-state index in [9.17, 15) is 14.9 Å². The number of nitro groups is 1. The lowest BCUT2D eigenvalue weighted by molar-refractivity contribution is -0.389.